The van der Waals surface area contributed by atoms with Gasteiger partial charge < -0.3 is 15.2 Å². The van der Waals surface area contributed by atoms with Gasteiger partial charge in [0, 0.05) is 12.3 Å². The predicted molar refractivity (Wildman–Crippen MR) is 77.8 cm³/mol. The van der Waals surface area contributed by atoms with Crippen LogP contribution in [0.25, 0.3) is 0 Å². The summed E-state index contributed by atoms with van der Waals surface area (Å²) in [6.45, 7) is 2.53. The first-order chi connectivity index (χ1) is 9.20. The molecule has 0 aliphatic heterocycles. The van der Waals surface area contributed by atoms with Crippen molar-refractivity contribution in [2.75, 3.05) is 6.61 Å². The minimum absolute atomic E-state index is 0.254. The van der Waals surface area contributed by atoms with Gasteiger partial charge in [-0.05, 0) is 31.2 Å². The lowest BCUT2D eigenvalue weighted by Crippen LogP contribution is -2.11. The molecule has 2 aromatic rings. The second-order valence-electron chi connectivity index (χ2n) is 3.73. The minimum Gasteiger partial charge on any atom is -0.494 e. The zero-order valence-electron chi connectivity index (χ0n) is 10.5. The number of nitrogens with zero attached hydrogens (tertiary/aromatic N) is 1. The van der Waals surface area contributed by atoms with Crippen LogP contribution in [0.1, 0.15) is 12.5 Å². The van der Waals surface area contributed by atoms with Gasteiger partial charge in [0.15, 0.2) is 0 Å². The van der Waals surface area contributed by atoms with Crippen LogP contribution >= 0.6 is 12.2 Å². The van der Waals surface area contributed by atoms with E-state index < -0.39 is 0 Å². The third-order valence-electron chi connectivity index (χ3n) is 2.37. The molecule has 0 amide bonds. The number of thiocarbonyl (C=S) groups is 1. The van der Waals surface area contributed by atoms with Gasteiger partial charge in [-0.25, -0.2) is 4.98 Å². The van der Waals surface area contributed by atoms with Crippen LogP contribution in [-0.2, 0) is 0 Å². The largest absolute Gasteiger partial charge is 0.494 e. The van der Waals surface area contributed by atoms with Crippen LogP contribution in [0.3, 0.4) is 0 Å². The lowest BCUT2D eigenvalue weighted by molar-refractivity contribution is 0.338. The van der Waals surface area contributed by atoms with Crippen molar-refractivity contribution >= 4 is 17.2 Å². The van der Waals surface area contributed by atoms with Crippen LogP contribution in [-0.4, -0.2) is 16.6 Å². The Bertz CT molecular complexity index is 587. The Hall–Kier alpha value is -2.14. The highest BCUT2D eigenvalue weighted by Crippen LogP contribution is 2.26. The third kappa shape index (κ3) is 3.42. The van der Waals surface area contributed by atoms with Gasteiger partial charge in [-0.3, -0.25) is 0 Å². The first-order valence-corrected chi connectivity index (χ1v) is 6.27. The average Bonchev–Trinajstić information content (AvgIpc) is 2.40. The molecule has 1 aromatic carbocycles. The van der Waals surface area contributed by atoms with E-state index in [4.69, 9.17) is 27.4 Å². The first kappa shape index (κ1) is 13.3. The number of ether oxygens (including phenoxy) is 2. The summed E-state index contributed by atoms with van der Waals surface area (Å²) >= 11 is 4.97. The number of hydrogen-bond donors (Lipinski definition) is 1. The van der Waals surface area contributed by atoms with E-state index in [9.17, 15) is 0 Å². The van der Waals surface area contributed by atoms with E-state index in [2.05, 4.69) is 4.98 Å². The molecule has 0 saturated carbocycles. The average molecular weight is 274 g/mol. The normalized spacial score (nSPS) is 9.95. The van der Waals surface area contributed by atoms with E-state index in [1.807, 2.05) is 25.1 Å². The van der Waals surface area contributed by atoms with Gasteiger partial charge in [0.05, 0.1) is 12.2 Å². The Morgan fingerprint density at radius 2 is 2.05 bits per heavy atom. The van der Waals surface area contributed by atoms with E-state index in [1.54, 1.807) is 24.4 Å². The number of rotatable bonds is 5. The van der Waals surface area contributed by atoms with E-state index >= 15 is 0 Å². The van der Waals surface area contributed by atoms with E-state index in [1.165, 1.54) is 0 Å². The topological polar surface area (TPSA) is 57.4 Å². The van der Waals surface area contributed by atoms with Gasteiger partial charge in [0.1, 0.15) is 16.5 Å². The number of aromatic nitrogens is 1. The summed E-state index contributed by atoms with van der Waals surface area (Å²) in [4.78, 5) is 4.39. The molecule has 1 aromatic heterocycles. The molecular formula is C14H14N2O2S. The standard InChI is InChI=1S/C14H14N2O2S/c1-2-17-10-5-3-6-11(9-10)18-14-12(13(15)19)7-4-8-16-14/h3-9H,2H2,1H3,(H2,15,19). The molecule has 0 bridgehead atoms. The van der Waals surface area contributed by atoms with Gasteiger partial charge in [-0.2, -0.15) is 0 Å². The number of nitrogens with two attached hydrogens (primary N) is 1. The van der Waals surface area contributed by atoms with Gasteiger partial charge >= 0.3 is 0 Å². The highest BCUT2D eigenvalue weighted by Gasteiger charge is 2.08. The molecule has 0 unspecified atom stereocenters. The predicted octanol–water partition coefficient (Wildman–Crippen LogP) is 2.91. The number of pyridine rings is 1. The zero-order valence-corrected chi connectivity index (χ0v) is 11.3. The Kier molecular flexibility index (Phi) is 4.30. The fourth-order valence-corrected chi connectivity index (χ4v) is 1.72. The maximum Gasteiger partial charge on any atom is 0.229 e. The molecule has 0 atom stereocenters. The van der Waals surface area contributed by atoms with Crippen molar-refractivity contribution in [2.45, 2.75) is 6.92 Å². The van der Waals surface area contributed by atoms with Crippen molar-refractivity contribution in [3.05, 3.63) is 48.2 Å². The SMILES string of the molecule is CCOc1cccc(Oc2ncccc2C(N)=S)c1. The summed E-state index contributed by atoms with van der Waals surface area (Å²) in [6.07, 6.45) is 1.63. The maximum atomic E-state index is 5.70. The minimum atomic E-state index is 0.254. The van der Waals surface area contributed by atoms with E-state index in [-0.39, 0.29) is 4.99 Å². The molecule has 19 heavy (non-hydrogen) atoms. The molecule has 0 spiro atoms. The van der Waals surface area contributed by atoms with Gasteiger partial charge in [0.2, 0.25) is 5.88 Å². The Morgan fingerprint density at radius 3 is 2.79 bits per heavy atom. The molecule has 0 fully saturated rings. The van der Waals surface area contributed by atoms with E-state index in [0.717, 1.165) is 5.75 Å². The Labute approximate surface area is 117 Å². The van der Waals surface area contributed by atoms with E-state index in [0.29, 0.717) is 23.8 Å². The summed E-state index contributed by atoms with van der Waals surface area (Å²) in [5.74, 6) is 1.76. The van der Waals surface area contributed by atoms with Crippen LogP contribution in [0.2, 0.25) is 0 Å². The molecule has 4 nitrogen and oxygen atoms in total. The van der Waals surface area contributed by atoms with Crippen molar-refractivity contribution in [3.8, 4) is 17.4 Å². The fourth-order valence-electron chi connectivity index (χ4n) is 1.57. The van der Waals surface area contributed by atoms with Crippen molar-refractivity contribution in [2.24, 2.45) is 5.73 Å². The first-order valence-electron chi connectivity index (χ1n) is 5.86. The van der Waals surface area contributed by atoms with Gasteiger partial charge in [0.25, 0.3) is 0 Å². The second kappa shape index (κ2) is 6.15. The summed E-state index contributed by atoms with van der Waals surface area (Å²) in [6, 6.07) is 10.9. The molecule has 0 saturated heterocycles. The smallest absolute Gasteiger partial charge is 0.229 e. The van der Waals surface area contributed by atoms with Crippen molar-refractivity contribution in [1.29, 1.82) is 0 Å². The summed E-state index contributed by atoms with van der Waals surface area (Å²) in [7, 11) is 0. The molecule has 2 rings (SSSR count). The monoisotopic (exact) mass is 274 g/mol. The fraction of sp³-hybridized carbons (Fsp3) is 0.143. The quantitative estimate of drug-likeness (QED) is 0.850. The van der Waals surface area contributed by atoms with Gasteiger partial charge in [-0.15, -0.1) is 0 Å². The molecule has 5 heteroatoms. The highest BCUT2D eigenvalue weighted by molar-refractivity contribution is 7.80. The van der Waals surface area contributed by atoms with Crippen molar-refractivity contribution < 1.29 is 9.47 Å². The zero-order chi connectivity index (χ0) is 13.7. The number of hydrogen-bond acceptors (Lipinski definition) is 4. The van der Waals surface area contributed by atoms with Gasteiger partial charge in [-0.1, -0.05) is 18.3 Å². The highest BCUT2D eigenvalue weighted by atomic mass is 32.1. The third-order valence-corrected chi connectivity index (χ3v) is 2.59. The van der Waals surface area contributed by atoms with Crippen LogP contribution in [0.4, 0.5) is 0 Å². The number of benzene rings is 1. The molecule has 2 N–H and O–H groups in total. The second-order valence-corrected chi connectivity index (χ2v) is 4.17. The molecule has 0 aliphatic carbocycles. The van der Waals surface area contributed by atoms with Crippen LogP contribution in [0.15, 0.2) is 42.6 Å². The molecule has 0 aliphatic rings. The lowest BCUT2D eigenvalue weighted by atomic mass is 10.2. The maximum absolute atomic E-state index is 5.70. The van der Waals surface area contributed by atoms with Crippen LogP contribution < -0.4 is 15.2 Å². The Balaban J connectivity index is 2.26. The Morgan fingerprint density at radius 1 is 1.26 bits per heavy atom. The van der Waals surface area contributed by atoms with Crippen molar-refractivity contribution in [3.63, 3.8) is 0 Å². The van der Waals surface area contributed by atoms with Crippen molar-refractivity contribution in [1.82, 2.24) is 4.98 Å². The van der Waals surface area contributed by atoms with Crippen LogP contribution in [0.5, 0.6) is 17.4 Å². The summed E-state index contributed by atoms with van der Waals surface area (Å²) in [5, 5.41) is 0. The lowest BCUT2D eigenvalue weighted by Gasteiger charge is -2.10. The van der Waals surface area contributed by atoms with Crippen LogP contribution in [0, 0.1) is 0 Å². The summed E-state index contributed by atoms with van der Waals surface area (Å²) < 4.78 is 11.1. The molecule has 0 radical (unpaired) electrons. The molecular weight excluding hydrogens is 260 g/mol. The molecule has 1 heterocycles. The summed E-state index contributed by atoms with van der Waals surface area (Å²) in [5.41, 5.74) is 6.24. The molecule has 98 valence electrons.